The number of aromatic hydroxyl groups is 1. The summed E-state index contributed by atoms with van der Waals surface area (Å²) in [5.74, 6) is 0.914. The second-order valence-electron chi connectivity index (χ2n) is 6.40. The van der Waals surface area contributed by atoms with E-state index in [9.17, 15) is 9.90 Å². The maximum atomic E-state index is 12.1. The van der Waals surface area contributed by atoms with Gasteiger partial charge in [-0.2, -0.15) is 5.10 Å². The van der Waals surface area contributed by atoms with Crippen molar-refractivity contribution in [1.29, 1.82) is 0 Å². The monoisotopic (exact) mass is 425 g/mol. The number of nitrogens with zero attached hydrogens (tertiary/aromatic N) is 4. The van der Waals surface area contributed by atoms with Gasteiger partial charge in [0.1, 0.15) is 0 Å². The summed E-state index contributed by atoms with van der Waals surface area (Å²) in [7, 11) is 1.47. The fraction of sp³-hybridized carbons (Fsp3) is 0.238. The Morgan fingerprint density at radius 2 is 2.03 bits per heavy atom. The standard InChI is InChI=1S/C21H23N5O3S/c1-4-26-20(15-10-8-14(2)9-11-15)24-25-21(26)30-13-18(27)23-22-12-16-6-5-7-17(29-3)19(16)28/h5-12,28H,4,13H2,1-3H3,(H,23,27)/b22-12+. The minimum absolute atomic E-state index is 0.0351. The van der Waals surface area contributed by atoms with Gasteiger partial charge in [-0.25, -0.2) is 5.43 Å². The summed E-state index contributed by atoms with van der Waals surface area (Å²) in [5, 5.41) is 23.1. The Kier molecular flexibility index (Phi) is 7.08. The molecule has 8 nitrogen and oxygen atoms in total. The van der Waals surface area contributed by atoms with E-state index in [4.69, 9.17) is 4.74 Å². The number of phenols is 1. The third-order valence-electron chi connectivity index (χ3n) is 4.32. The fourth-order valence-electron chi connectivity index (χ4n) is 2.74. The summed E-state index contributed by atoms with van der Waals surface area (Å²) >= 11 is 1.29. The van der Waals surface area contributed by atoms with E-state index in [1.165, 1.54) is 30.6 Å². The van der Waals surface area contributed by atoms with Crippen molar-refractivity contribution >= 4 is 23.9 Å². The lowest BCUT2D eigenvalue weighted by Crippen LogP contribution is -2.20. The second-order valence-corrected chi connectivity index (χ2v) is 7.34. The molecule has 0 saturated heterocycles. The van der Waals surface area contributed by atoms with Gasteiger partial charge in [-0.1, -0.05) is 47.7 Å². The van der Waals surface area contributed by atoms with E-state index in [2.05, 4.69) is 20.7 Å². The van der Waals surface area contributed by atoms with Crippen molar-refractivity contribution in [2.75, 3.05) is 12.9 Å². The SMILES string of the molecule is CCn1c(SCC(=O)N/N=C/c2cccc(OC)c2O)nnc1-c1ccc(C)cc1. The minimum atomic E-state index is -0.291. The van der Waals surface area contributed by atoms with Crippen molar-refractivity contribution < 1.29 is 14.6 Å². The van der Waals surface area contributed by atoms with Gasteiger partial charge >= 0.3 is 0 Å². The van der Waals surface area contributed by atoms with Gasteiger partial charge in [0.15, 0.2) is 22.5 Å². The molecule has 0 aliphatic rings. The van der Waals surface area contributed by atoms with Crippen molar-refractivity contribution in [1.82, 2.24) is 20.2 Å². The molecule has 156 valence electrons. The van der Waals surface area contributed by atoms with Crippen LogP contribution in [0.4, 0.5) is 0 Å². The zero-order valence-corrected chi connectivity index (χ0v) is 17.8. The van der Waals surface area contributed by atoms with Gasteiger partial charge in [-0.15, -0.1) is 10.2 Å². The normalized spacial score (nSPS) is 11.0. The highest BCUT2D eigenvalue weighted by atomic mass is 32.2. The predicted octanol–water partition coefficient (Wildman–Crippen LogP) is 3.23. The Hall–Kier alpha value is -3.33. The number of aromatic nitrogens is 3. The van der Waals surface area contributed by atoms with E-state index < -0.39 is 0 Å². The molecule has 3 aromatic rings. The minimum Gasteiger partial charge on any atom is -0.504 e. The number of nitrogens with one attached hydrogen (secondary N) is 1. The van der Waals surface area contributed by atoms with Gasteiger partial charge in [0, 0.05) is 17.7 Å². The van der Waals surface area contributed by atoms with Crippen LogP contribution in [0.15, 0.2) is 52.7 Å². The molecular formula is C21H23N5O3S. The van der Waals surface area contributed by atoms with Crippen molar-refractivity contribution in [3.63, 3.8) is 0 Å². The number of ether oxygens (including phenoxy) is 1. The summed E-state index contributed by atoms with van der Waals surface area (Å²) in [5.41, 5.74) is 5.05. The van der Waals surface area contributed by atoms with E-state index >= 15 is 0 Å². The highest BCUT2D eigenvalue weighted by molar-refractivity contribution is 7.99. The van der Waals surface area contributed by atoms with Crippen molar-refractivity contribution in [2.45, 2.75) is 25.5 Å². The molecule has 1 aromatic heterocycles. The van der Waals surface area contributed by atoms with Gasteiger partial charge in [0.25, 0.3) is 5.91 Å². The number of amides is 1. The van der Waals surface area contributed by atoms with E-state index in [0.29, 0.717) is 23.0 Å². The molecule has 0 saturated carbocycles. The van der Waals surface area contributed by atoms with E-state index in [0.717, 1.165) is 11.4 Å². The van der Waals surface area contributed by atoms with E-state index in [1.807, 2.05) is 42.7 Å². The summed E-state index contributed by atoms with van der Waals surface area (Å²) in [6, 6.07) is 13.1. The Balaban J connectivity index is 1.60. The van der Waals surface area contributed by atoms with Gasteiger partial charge in [-0.05, 0) is 26.0 Å². The van der Waals surface area contributed by atoms with Gasteiger partial charge in [0.05, 0.1) is 19.1 Å². The molecule has 9 heteroatoms. The largest absolute Gasteiger partial charge is 0.504 e. The topological polar surface area (TPSA) is 102 Å². The lowest BCUT2D eigenvalue weighted by atomic mass is 10.1. The number of para-hydroxylation sites is 1. The van der Waals surface area contributed by atoms with Crippen LogP contribution in [0.1, 0.15) is 18.1 Å². The van der Waals surface area contributed by atoms with E-state index in [-0.39, 0.29) is 17.4 Å². The fourth-order valence-corrected chi connectivity index (χ4v) is 3.54. The van der Waals surface area contributed by atoms with Crippen LogP contribution in [-0.2, 0) is 11.3 Å². The summed E-state index contributed by atoms with van der Waals surface area (Å²) in [6.07, 6.45) is 1.37. The van der Waals surface area contributed by atoms with E-state index in [1.54, 1.807) is 18.2 Å². The Morgan fingerprint density at radius 3 is 2.73 bits per heavy atom. The number of methoxy groups -OCH3 is 1. The molecule has 30 heavy (non-hydrogen) atoms. The molecule has 0 unspecified atom stereocenters. The Morgan fingerprint density at radius 1 is 1.27 bits per heavy atom. The molecule has 0 spiro atoms. The van der Waals surface area contributed by atoms with Gasteiger partial charge in [0.2, 0.25) is 0 Å². The maximum Gasteiger partial charge on any atom is 0.250 e. The molecule has 0 aliphatic heterocycles. The second kappa shape index (κ2) is 9.93. The highest BCUT2D eigenvalue weighted by Gasteiger charge is 2.14. The number of hydrazone groups is 1. The van der Waals surface area contributed by atoms with Crippen LogP contribution in [-0.4, -0.2) is 44.9 Å². The van der Waals surface area contributed by atoms with Crippen LogP contribution < -0.4 is 10.2 Å². The molecule has 0 radical (unpaired) electrons. The van der Waals surface area contributed by atoms with Crippen LogP contribution >= 0.6 is 11.8 Å². The summed E-state index contributed by atoms with van der Waals surface area (Å²) in [4.78, 5) is 12.1. The average Bonchev–Trinajstić information content (AvgIpc) is 3.17. The maximum absolute atomic E-state index is 12.1. The molecular weight excluding hydrogens is 402 g/mol. The van der Waals surface area contributed by atoms with Crippen molar-refractivity contribution in [3.8, 4) is 22.9 Å². The number of benzene rings is 2. The quantitative estimate of drug-likeness (QED) is 0.326. The first kappa shape index (κ1) is 21.4. The van der Waals surface area contributed by atoms with Crippen LogP contribution in [0.25, 0.3) is 11.4 Å². The molecule has 2 N–H and O–H groups in total. The first-order chi connectivity index (χ1) is 14.5. The first-order valence-electron chi connectivity index (χ1n) is 9.34. The number of hydrogen-bond acceptors (Lipinski definition) is 7. The first-order valence-corrected chi connectivity index (χ1v) is 10.3. The number of aryl methyl sites for hydroxylation is 1. The zero-order chi connectivity index (χ0) is 21.5. The lowest BCUT2D eigenvalue weighted by Gasteiger charge is -2.07. The van der Waals surface area contributed by atoms with Crippen LogP contribution in [0.2, 0.25) is 0 Å². The molecule has 2 aromatic carbocycles. The molecule has 3 rings (SSSR count). The number of carbonyl (C=O) groups excluding carboxylic acids is 1. The molecule has 0 aliphatic carbocycles. The predicted molar refractivity (Wildman–Crippen MR) is 117 cm³/mol. The van der Waals surface area contributed by atoms with Crippen molar-refractivity contribution in [2.24, 2.45) is 5.10 Å². The number of rotatable bonds is 8. The summed E-state index contributed by atoms with van der Waals surface area (Å²) in [6.45, 7) is 4.73. The number of thioether (sulfide) groups is 1. The lowest BCUT2D eigenvalue weighted by molar-refractivity contribution is -0.118. The van der Waals surface area contributed by atoms with Crippen LogP contribution in [0, 0.1) is 6.92 Å². The van der Waals surface area contributed by atoms with Gasteiger partial charge in [-0.3, -0.25) is 4.79 Å². The molecule has 0 fully saturated rings. The van der Waals surface area contributed by atoms with Crippen LogP contribution in [0.5, 0.6) is 11.5 Å². The molecule has 1 amide bonds. The van der Waals surface area contributed by atoms with Crippen molar-refractivity contribution in [3.05, 3.63) is 53.6 Å². The smallest absolute Gasteiger partial charge is 0.250 e. The Bertz CT molecular complexity index is 1050. The van der Waals surface area contributed by atoms with Crippen LogP contribution in [0.3, 0.4) is 0 Å². The number of phenolic OH excluding ortho intramolecular Hbond substituents is 1. The molecule has 0 bridgehead atoms. The zero-order valence-electron chi connectivity index (χ0n) is 17.0. The molecule has 1 heterocycles. The number of carbonyl (C=O) groups is 1. The van der Waals surface area contributed by atoms with Gasteiger partial charge < -0.3 is 14.4 Å². The molecule has 0 atom stereocenters. The Labute approximate surface area is 179 Å². The average molecular weight is 426 g/mol. The number of hydrogen-bond donors (Lipinski definition) is 2. The summed E-state index contributed by atoms with van der Waals surface area (Å²) < 4.78 is 7.02. The highest BCUT2D eigenvalue weighted by Crippen LogP contribution is 2.28. The third-order valence-corrected chi connectivity index (χ3v) is 5.28. The third kappa shape index (κ3) is 4.98.